The van der Waals surface area contributed by atoms with Gasteiger partial charge < -0.3 is 19.9 Å². The van der Waals surface area contributed by atoms with Crippen LogP contribution in [-0.2, 0) is 19.6 Å². The van der Waals surface area contributed by atoms with Crippen LogP contribution >= 0.6 is 11.6 Å². The second-order valence-corrected chi connectivity index (χ2v) is 12.6. The van der Waals surface area contributed by atoms with Crippen molar-refractivity contribution < 1.29 is 46.6 Å². The summed E-state index contributed by atoms with van der Waals surface area (Å²) in [6.07, 6.45) is 7.47. The molecule has 5 rings (SSSR count). The van der Waals surface area contributed by atoms with E-state index in [9.17, 15) is 32.0 Å². The van der Waals surface area contributed by atoms with E-state index in [1.165, 1.54) is 25.2 Å². The molecule has 2 heterocycles. The number of amides is 4. The van der Waals surface area contributed by atoms with E-state index in [2.05, 4.69) is 31.5 Å². The number of imide groups is 1. The smallest absolute Gasteiger partial charge is 0.337 e. The third kappa shape index (κ3) is 8.87. The maximum absolute atomic E-state index is 14.4. The molecule has 51 heavy (non-hydrogen) atoms. The highest BCUT2D eigenvalue weighted by molar-refractivity contribution is 7.90. The van der Waals surface area contributed by atoms with Gasteiger partial charge in [-0.2, -0.15) is 15.0 Å². The lowest BCUT2D eigenvalue weighted by atomic mass is 9.93. The Morgan fingerprint density at radius 2 is 1.73 bits per heavy atom. The fraction of sp³-hybridized carbons (Fsp3) is 0.281. The molecule has 4 N–H and O–H groups in total. The van der Waals surface area contributed by atoms with Gasteiger partial charge in [0.05, 0.1) is 22.9 Å². The van der Waals surface area contributed by atoms with E-state index in [1.807, 2.05) is 0 Å². The second kappa shape index (κ2) is 16.3. The number of ether oxygens (including phenoxy) is 2. The SMILES string of the molecule is C#CC(C)Oc1cc(N2C(=O)C3=C(CCCC3)C2=O)c(F)cc1Cl.CCOc1nc(NC)nc(NC(=O)NS(=O)(=O)c2ccccc2C(=O)O)n1. The summed E-state index contributed by atoms with van der Waals surface area (Å²) in [4.78, 5) is 60.2. The average Bonchev–Trinajstić information content (AvgIpc) is 3.34. The molecule has 16 nitrogen and oxygen atoms in total. The first-order valence-corrected chi connectivity index (χ1v) is 17.0. The van der Waals surface area contributed by atoms with E-state index < -0.39 is 56.2 Å². The van der Waals surface area contributed by atoms with Gasteiger partial charge >= 0.3 is 18.0 Å². The van der Waals surface area contributed by atoms with Crippen molar-refractivity contribution >= 4 is 63.0 Å². The highest BCUT2D eigenvalue weighted by Gasteiger charge is 2.41. The lowest BCUT2D eigenvalue weighted by Crippen LogP contribution is -2.35. The predicted octanol–water partition coefficient (Wildman–Crippen LogP) is 4.14. The van der Waals surface area contributed by atoms with Crippen LogP contribution in [0.15, 0.2) is 52.4 Å². The van der Waals surface area contributed by atoms with Gasteiger partial charge in [0.25, 0.3) is 21.8 Å². The molecule has 4 amide bonds. The fourth-order valence-electron chi connectivity index (χ4n) is 4.86. The fourth-order valence-corrected chi connectivity index (χ4v) is 6.16. The third-order valence-electron chi connectivity index (χ3n) is 7.14. The summed E-state index contributed by atoms with van der Waals surface area (Å²) in [5.74, 6) is -0.824. The number of benzene rings is 2. The number of carbonyl (C=O) groups is 4. The molecule has 19 heteroatoms. The normalized spacial score (nSPS) is 14.4. The summed E-state index contributed by atoms with van der Waals surface area (Å²) in [7, 11) is -2.92. The number of hydrogen-bond donors (Lipinski definition) is 4. The zero-order chi connectivity index (χ0) is 37.5. The van der Waals surface area contributed by atoms with Crippen LogP contribution in [0, 0.1) is 18.2 Å². The largest absolute Gasteiger partial charge is 0.478 e. The molecular weight excluding hydrogens is 713 g/mol. The zero-order valence-electron chi connectivity index (χ0n) is 27.3. The van der Waals surface area contributed by atoms with Crippen molar-refractivity contribution in [2.24, 2.45) is 0 Å². The predicted molar refractivity (Wildman–Crippen MR) is 182 cm³/mol. The van der Waals surface area contributed by atoms with Gasteiger partial charge in [0, 0.05) is 24.3 Å². The second-order valence-electron chi connectivity index (χ2n) is 10.6. The minimum absolute atomic E-state index is 0.0233. The Morgan fingerprint density at radius 3 is 2.31 bits per heavy atom. The van der Waals surface area contributed by atoms with E-state index in [0.29, 0.717) is 24.0 Å². The lowest BCUT2D eigenvalue weighted by molar-refractivity contribution is -0.120. The first-order chi connectivity index (χ1) is 24.2. The van der Waals surface area contributed by atoms with Gasteiger partial charge in [-0.25, -0.2) is 32.0 Å². The Kier molecular flexibility index (Phi) is 12.1. The maximum Gasteiger partial charge on any atom is 0.337 e. The Balaban J connectivity index is 0.000000230. The summed E-state index contributed by atoms with van der Waals surface area (Å²) < 4.78 is 51.3. The molecule has 0 bridgehead atoms. The summed E-state index contributed by atoms with van der Waals surface area (Å²) in [5.41, 5.74) is 0.331. The molecule has 0 fully saturated rings. The Morgan fingerprint density at radius 1 is 1.10 bits per heavy atom. The van der Waals surface area contributed by atoms with Gasteiger partial charge in [0.2, 0.25) is 11.9 Å². The molecule has 1 atom stereocenters. The van der Waals surface area contributed by atoms with Gasteiger partial charge in [0.15, 0.2) is 6.10 Å². The van der Waals surface area contributed by atoms with E-state index in [-0.39, 0.29) is 41.0 Å². The number of nitrogens with zero attached hydrogens (tertiary/aromatic N) is 4. The van der Waals surface area contributed by atoms with Crippen LogP contribution in [0.4, 0.5) is 26.8 Å². The van der Waals surface area contributed by atoms with E-state index in [0.717, 1.165) is 35.9 Å². The number of sulfonamides is 1. The maximum atomic E-state index is 14.4. The Hall–Kier alpha value is -5.80. The molecule has 2 aromatic carbocycles. The average molecular weight is 744 g/mol. The van der Waals surface area contributed by atoms with Crippen LogP contribution in [0.1, 0.15) is 49.9 Å². The van der Waals surface area contributed by atoms with Crippen molar-refractivity contribution in [2.75, 3.05) is 29.2 Å². The number of terminal acetylenes is 1. The third-order valence-corrected chi connectivity index (χ3v) is 8.83. The summed E-state index contributed by atoms with van der Waals surface area (Å²) in [6, 6.07) is 5.87. The number of halogens is 2. The standard InChI is InChI=1S/C18H15ClFNO3.C14H16N6O6S/c1-3-10(2)24-16-9-15(14(20)8-13(16)19)21-17(22)11-6-4-5-7-12(11)18(21)23;1-3-26-14-18-11(15-2)16-12(19-14)17-13(23)20-27(24,25)9-7-5-4-6-8(9)10(21)22/h1,8-10H,4-7H2,2H3;4-7H,3H2,1-2H3,(H,21,22)(H3,15,16,17,18,19,20,23). The molecule has 1 aromatic heterocycles. The van der Waals surface area contributed by atoms with Crippen molar-refractivity contribution in [3.63, 3.8) is 0 Å². The van der Waals surface area contributed by atoms with Crippen molar-refractivity contribution in [3.05, 3.63) is 63.9 Å². The quantitative estimate of drug-likeness (QED) is 0.170. The number of carbonyl (C=O) groups excluding carboxylic acids is 3. The number of urea groups is 1. The number of anilines is 3. The van der Waals surface area contributed by atoms with Crippen LogP contribution in [0.3, 0.4) is 0 Å². The number of carboxylic acids is 1. The van der Waals surface area contributed by atoms with Crippen molar-refractivity contribution in [1.82, 2.24) is 19.7 Å². The molecule has 0 saturated carbocycles. The molecule has 0 radical (unpaired) electrons. The van der Waals surface area contributed by atoms with Crippen LogP contribution in [-0.4, -0.2) is 72.0 Å². The van der Waals surface area contributed by atoms with Gasteiger partial charge in [-0.1, -0.05) is 29.7 Å². The van der Waals surface area contributed by atoms with Crippen LogP contribution in [0.2, 0.25) is 5.02 Å². The Bertz CT molecular complexity index is 2040. The summed E-state index contributed by atoms with van der Waals surface area (Å²) in [5, 5.41) is 13.9. The van der Waals surface area contributed by atoms with E-state index in [4.69, 9.17) is 32.6 Å². The van der Waals surface area contributed by atoms with E-state index >= 15 is 0 Å². The van der Waals surface area contributed by atoms with Crippen molar-refractivity contribution in [2.45, 2.75) is 50.5 Å². The topological polar surface area (TPSA) is 219 Å². The zero-order valence-corrected chi connectivity index (χ0v) is 28.9. The number of nitrogens with one attached hydrogen (secondary N) is 3. The van der Waals surface area contributed by atoms with Crippen molar-refractivity contribution in [3.8, 4) is 24.1 Å². The molecule has 3 aromatic rings. The number of carboxylic acid groups (broad SMARTS) is 1. The van der Waals surface area contributed by atoms with Gasteiger partial charge in [0.1, 0.15) is 16.5 Å². The van der Waals surface area contributed by atoms with Gasteiger partial charge in [-0.15, -0.1) is 6.42 Å². The molecule has 268 valence electrons. The number of hydrogen-bond acceptors (Lipinski definition) is 12. The number of aromatic carboxylic acids is 1. The lowest BCUT2D eigenvalue weighted by Gasteiger charge is -2.19. The van der Waals surface area contributed by atoms with Crippen molar-refractivity contribution in [1.29, 1.82) is 0 Å². The molecule has 0 saturated heterocycles. The monoisotopic (exact) mass is 743 g/mol. The molecule has 1 aliphatic heterocycles. The molecule has 1 aliphatic carbocycles. The van der Waals surface area contributed by atoms with Crippen LogP contribution in [0.25, 0.3) is 0 Å². The molecule has 1 unspecified atom stereocenters. The number of aromatic nitrogens is 3. The summed E-state index contributed by atoms with van der Waals surface area (Å²) in [6.45, 7) is 3.60. The molecular formula is C32H31ClFN7O9S. The first-order valence-electron chi connectivity index (χ1n) is 15.2. The minimum Gasteiger partial charge on any atom is -0.478 e. The Labute approximate surface area is 296 Å². The summed E-state index contributed by atoms with van der Waals surface area (Å²) >= 11 is 5.97. The molecule has 2 aliphatic rings. The minimum atomic E-state index is -4.45. The molecule has 0 spiro atoms. The van der Waals surface area contributed by atoms with Gasteiger partial charge in [-0.3, -0.25) is 14.9 Å². The highest BCUT2D eigenvalue weighted by Crippen LogP contribution is 2.39. The highest BCUT2D eigenvalue weighted by atomic mass is 35.5. The van der Waals surface area contributed by atoms with Crippen LogP contribution in [0.5, 0.6) is 11.8 Å². The number of rotatable bonds is 10. The van der Waals surface area contributed by atoms with E-state index in [1.54, 1.807) is 18.6 Å². The first kappa shape index (κ1) is 38.0. The van der Waals surface area contributed by atoms with Crippen LogP contribution < -0.4 is 29.7 Å². The van der Waals surface area contributed by atoms with Gasteiger partial charge in [-0.05, 0) is 57.7 Å².